The molecule has 1 atom stereocenters. The largest absolute Gasteiger partial charge is 0.344 e. The Labute approximate surface area is 151 Å². The Kier molecular flexibility index (Phi) is 7.90. The van der Waals surface area contributed by atoms with Gasteiger partial charge in [-0.1, -0.05) is 0 Å². The van der Waals surface area contributed by atoms with Crippen molar-refractivity contribution in [2.75, 3.05) is 13.1 Å². The topological polar surface area (TPSA) is 84.7 Å². The summed E-state index contributed by atoms with van der Waals surface area (Å²) in [6.45, 7) is 4.33. The molecule has 0 spiro atoms. The number of amides is 1. The maximum absolute atomic E-state index is 12.1. The summed E-state index contributed by atoms with van der Waals surface area (Å²) in [4.78, 5) is 21.4. The van der Waals surface area contributed by atoms with Crippen molar-refractivity contribution >= 4 is 42.1 Å². The van der Waals surface area contributed by atoms with E-state index < -0.39 is 0 Å². The molecule has 128 valence electrons. The Morgan fingerprint density at radius 3 is 2.96 bits per heavy atom. The molecule has 3 rings (SSSR count). The van der Waals surface area contributed by atoms with Crippen LogP contribution in [-0.2, 0) is 6.54 Å². The molecule has 2 N–H and O–H groups in total. The first-order chi connectivity index (χ1) is 10.2. The van der Waals surface area contributed by atoms with E-state index in [1.807, 2.05) is 6.92 Å². The molecular formula is C13H20Cl2N6OS. The highest BCUT2D eigenvalue weighted by Gasteiger charge is 2.18. The van der Waals surface area contributed by atoms with E-state index in [9.17, 15) is 4.79 Å². The van der Waals surface area contributed by atoms with E-state index in [-0.39, 0.29) is 42.6 Å². The van der Waals surface area contributed by atoms with Crippen LogP contribution in [0.25, 0.3) is 0 Å². The zero-order chi connectivity index (χ0) is 14.7. The molecule has 0 saturated carbocycles. The van der Waals surface area contributed by atoms with Crippen LogP contribution in [0, 0.1) is 6.92 Å². The molecule has 10 heteroatoms. The number of aromatic nitrogens is 4. The number of piperidine rings is 1. The molecule has 2 aromatic rings. The van der Waals surface area contributed by atoms with E-state index in [0.29, 0.717) is 6.54 Å². The average molecular weight is 379 g/mol. The summed E-state index contributed by atoms with van der Waals surface area (Å²) in [5.74, 6) is -0.0203. The molecule has 3 heterocycles. The molecule has 2 aromatic heterocycles. The van der Waals surface area contributed by atoms with Gasteiger partial charge in [-0.2, -0.15) is 0 Å². The minimum Gasteiger partial charge on any atom is -0.344 e. The van der Waals surface area contributed by atoms with Crippen molar-refractivity contribution in [3.05, 3.63) is 28.2 Å². The van der Waals surface area contributed by atoms with Gasteiger partial charge in [0, 0.05) is 11.4 Å². The number of nitrogens with zero attached hydrogens (tertiary/aromatic N) is 4. The second-order valence-electron chi connectivity index (χ2n) is 5.09. The first-order valence-corrected chi connectivity index (χ1v) is 7.91. The molecule has 23 heavy (non-hydrogen) atoms. The Hall–Kier alpha value is -1.22. The van der Waals surface area contributed by atoms with E-state index in [1.54, 1.807) is 16.5 Å². The van der Waals surface area contributed by atoms with Gasteiger partial charge < -0.3 is 10.6 Å². The van der Waals surface area contributed by atoms with Gasteiger partial charge in [0.25, 0.3) is 5.91 Å². The van der Waals surface area contributed by atoms with Crippen molar-refractivity contribution in [1.82, 2.24) is 30.4 Å². The Balaban J connectivity index is 0.00000132. The lowest BCUT2D eigenvalue weighted by molar-refractivity contribution is 0.0940. The van der Waals surface area contributed by atoms with Gasteiger partial charge in [-0.05, 0) is 26.3 Å². The number of hydrogen-bond acceptors (Lipinski definition) is 6. The molecule has 1 fully saturated rings. The number of rotatable bonds is 4. The van der Waals surface area contributed by atoms with Gasteiger partial charge in [0.15, 0.2) is 0 Å². The fourth-order valence-corrected chi connectivity index (χ4v) is 3.07. The number of carbonyl (C=O) groups is 1. The van der Waals surface area contributed by atoms with Gasteiger partial charge in [0.2, 0.25) is 5.82 Å². The fraction of sp³-hybridized carbons (Fsp3) is 0.538. The average Bonchev–Trinajstić information content (AvgIpc) is 3.15. The van der Waals surface area contributed by atoms with Gasteiger partial charge in [-0.3, -0.25) is 4.79 Å². The highest BCUT2D eigenvalue weighted by Crippen LogP contribution is 2.15. The predicted molar refractivity (Wildman–Crippen MR) is 93.7 cm³/mol. The maximum atomic E-state index is 12.1. The normalized spacial score (nSPS) is 17.0. The third-order valence-corrected chi connectivity index (χ3v) is 4.55. The van der Waals surface area contributed by atoms with E-state index in [2.05, 4.69) is 25.7 Å². The molecule has 1 amide bonds. The molecule has 0 aliphatic carbocycles. The summed E-state index contributed by atoms with van der Waals surface area (Å²) >= 11 is 1.53. The van der Waals surface area contributed by atoms with E-state index in [0.717, 1.165) is 36.5 Å². The standard InChI is InChI=1S/C13H18N6OS.2ClH/c1-9-11(21-8-17-9)6-15-13(20)12-16-7-19(18-12)10-3-2-4-14-5-10;;/h7-8,10,14H,2-6H2,1H3,(H,15,20);2*1H. The number of nitrogens with one attached hydrogen (secondary N) is 2. The molecule has 0 bridgehead atoms. The number of carbonyl (C=O) groups excluding carboxylic acids is 1. The lowest BCUT2D eigenvalue weighted by atomic mass is 10.1. The van der Waals surface area contributed by atoms with Crippen molar-refractivity contribution in [1.29, 1.82) is 0 Å². The van der Waals surface area contributed by atoms with Gasteiger partial charge in [-0.25, -0.2) is 14.6 Å². The van der Waals surface area contributed by atoms with Crippen LogP contribution in [0.1, 0.15) is 40.1 Å². The van der Waals surface area contributed by atoms with Crippen LogP contribution in [0.4, 0.5) is 0 Å². The summed E-state index contributed by atoms with van der Waals surface area (Å²) in [5, 5.41) is 10.5. The van der Waals surface area contributed by atoms with Crippen LogP contribution < -0.4 is 10.6 Å². The van der Waals surface area contributed by atoms with Crippen LogP contribution in [0.15, 0.2) is 11.8 Å². The van der Waals surface area contributed by atoms with Crippen molar-refractivity contribution in [3.63, 3.8) is 0 Å². The molecular weight excluding hydrogens is 359 g/mol. The van der Waals surface area contributed by atoms with E-state index in [4.69, 9.17) is 0 Å². The van der Waals surface area contributed by atoms with E-state index in [1.165, 1.54) is 11.3 Å². The molecule has 1 aliphatic heterocycles. The van der Waals surface area contributed by atoms with E-state index >= 15 is 0 Å². The Morgan fingerprint density at radius 1 is 1.48 bits per heavy atom. The molecule has 1 aliphatic rings. The van der Waals surface area contributed by atoms with Crippen LogP contribution in [-0.4, -0.2) is 38.7 Å². The summed E-state index contributed by atoms with van der Waals surface area (Å²) in [6.07, 6.45) is 3.83. The summed E-state index contributed by atoms with van der Waals surface area (Å²) in [6, 6.07) is 0.288. The van der Waals surface area contributed by atoms with Crippen LogP contribution in [0.5, 0.6) is 0 Å². The van der Waals surface area contributed by atoms with Gasteiger partial charge >= 0.3 is 0 Å². The maximum Gasteiger partial charge on any atom is 0.291 e. The van der Waals surface area contributed by atoms with Crippen LogP contribution >= 0.6 is 36.2 Å². The SMILES string of the molecule is Cc1ncsc1CNC(=O)c1ncn(C2CCCNC2)n1.Cl.Cl. The molecule has 7 nitrogen and oxygen atoms in total. The highest BCUT2D eigenvalue weighted by molar-refractivity contribution is 7.09. The minimum atomic E-state index is -0.245. The quantitative estimate of drug-likeness (QED) is 0.846. The van der Waals surface area contributed by atoms with Crippen LogP contribution in [0.2, 0.25) is 0 Å². The number of halogens is 2. The Morgan fingerprint density at radius 2 is 2.30 bits per heavy atom. The second-order valence-corrected chi connectivity index (χ2v) is 6.03. The zero-order valence-corrected chi connectivity index (χ0v) is 15.1. The van der Waals surface area contributed by atoms with Gasteiger partial charge in [0.05, 0.1) is 23.8 Å². The molecule has 1 saturated heterocycles. The first kappa shape index (κ1) is 19.8. The van der Waals surface area contributed by atoms with Gasteiger partial charge in [-0.15, -0.1) is 41.2 Å². The number of thiazole rings is 1. The van der Waals surface area contributed by atoms with Crippen molar-refractivity contribution in [2.45, 2.75) is 32.4 Å². The highest BCUT2D eigenvalue weighted by atomic mass is 35.5. The number of aryl methyl sites for hydroxylation is 1. The molecule has 0 radical (unpaired) electrons. The first-order valence-electron chi connectivity index (χ1n) is 7.03. The van der Waals surface area contributed by atoms with Crippen molar-refractivity contribution < 1.29 is 4.79 Å². The van der Waals surface area contributed by atoms with Gasteiger partial charge in [0.1, 0.15) is 6.33 Å². The minimum absolute atomic E-state index is 0. The monoisotopic (exact) mass is 378 g/mol. The summed E-state index contributed by atoms with van der Waals surface area (Å²) in [7, 11) is 0. The lowest BCUT2D eigenvalue weighted by Crippen LogP contribution is -2.32. The lowest BCUT2D eigenvalue weighted by Gasteiger charge is -2.22. The second kappa shape index (κ2) is 9.17. The summed E-state index contributed by atoms with van der Waals surface area (Å²) in [5.41, 5.74) is 2.73. The third kappa shape index (κ3) is 4.87. The summed E-state index contributed by atoms with van der Waals surface area (Å²) < 4.78 is 1.79. The zero-order valence-electron chi connectivity index (χ0n) is 12.7. The molecule has 0 aromatic carbocycles. The van der Waals surface area contributed by atoms with Crippen molar-refractivity contribution in [3.8, 4) is 0 Å². The molecule has 1 unspecified atom stereocenters. The Bertz CT molecular complexity index is 626. The number of hydrogen-bond donors (Lipinski definition) is 2. The van der Waals surface area contributed by atoms with Crippen molar-refractivity contribution in [2.24, 2.45) is 0 Å². The third-order valence-electron chi connectivity index (χ3n) is 3.61. The predicted octanol–water partition coefficient (Wildman–Crippen LogP) is 1.74. The smallest absolute Gasteiger partial charge is 0.291 e. The fourth-order valence-electron chi connectivity index (χ4n) is 2.35. The van der Waals surface area contributed by atoms with Crippen LogP contribution in [0.3, 0.4) is 0 Å².